The molecule has 0 radical (unpaired) electrons. The summed E-state index contributed by atoms with van der Waals surface area (Å²) in [5.41, 5.74) is 5.15. The number of nitrogen functional groups attached to an aromatic ring is 1. The molecule has 1 aromatic rings. The molecule has 0 saturated heterocycles. The molecule has 3 nitrogen and oxygen atoms in total. The Morgan fingerprint density at radius 3 is 2.69 bits per heavy atom. The van der Waals surface area contributed by atoms with Crippen LogP contribution in [0.5, 0.6) is 0 Å². The molecule has 0 amide bonds. The van der Waals surface area contributed by atoms with Gasteiger partial charge in [-0.25, -0.2) is 13.8 Å². The van der Waals surface area contributed by atoms with E-state index in [0.717, 1.165) is 6.07 Å². The number of nitriles is 1. The lowest BCUT2D eigenvalue weighted by molar-refractivity contribution is 0.150. The lowest BCUT2D eigenvalue weighted by atomic mass is 10.1. The van der Waals surface area contributed by atoms with Gasteiger partial charge in [-0.2, -0.15) is 5.26 Å². The average Bonchev–Trinajstić information content (AvgIpc) is 2.08. The van der Waals surface area contributed by atoms with Crippen molar-refractivity contribution in [3.05, 3.63) is 22.9 Å². The number of nitrogens with zero attached hydrogens (tertiary/aromatic N) is 2. The Morgan fingerprint density at radius 1 is 1.62 bits per heavy atom. The van der Waals surface area contributed by atoms with Gasteiger partial charge in [-0.15, -0.1) is 0 Å². The molecule has 1 aromatic heterocycles. The second kappa shape index (κ2) is 3.35. The predicted octanol–water partition coefficient (Wildman–Crippen LogP) is 1.78. The van der Waals surface area contributed by atoms with Gasteiger partial charge in [0.25, 0.3) is 6.43 Å². The first-order valence-electron chi connectivity index (χ1n) is 3.51. The van der Waals surface area contributed by atoms with Crippen molar-refractivity contribution in [1.29, 1.82) is 5.26 Å². The Labute approximate surface area is 73.8 Å². The molecule has 1 heterocycles. The molecule has 2 N–H and O–H groups in total. The smallest absolute Gasteiger partial charge is 0.264 e. The average molecular weight is 183 g/mol. The summed E-state index contributed by atoms with van der Waals surface area (Å²) in [6.45, 7) is 1.42. The van der Waals surface area contributed by atoms with Crippen molar-refractivity contribution in [3.63, 3.8) is 0 Å². The first-order valence-corrected chi connectivity index (χ1v) is 3.51. The molecule has 0 bridgehead atoms. The van der Waals surface area contributed by atoms with E-state index in [1.54, 1.807) is 6.07 Å². The van der Waals surface area contributed by atoms with Crippen LogP contribution >= 0.6 is 0 Å². The first kappa shape index (κ1) is 9.39. The van der Waals surface area contributed by atoms with E-state index in [1.165, 1.54) is 6.92 Å². The van der Waals surface area contributed by atoms with Crippen LogP contribution in [-0.4, -0.2) is 4.98 Å². The Morgan fingerprint density at radius 2 is 2.23 bits per heavy atom. The van der Waals surface area contributed by atoms with Gasteiger partial charge in [-0.1, -0.05) is 0 Å². The Bertz CT molecular complexity index is 368. The second-order valence-corrected chi connectivity index (χ2v) is 2.52. The van der Waals surface area contributed by atoms with E-state index in [2.05, 4.69) is 4.98 Å². The van der Waals surface area contributed by atoms with Crippen molar-refractivity contribution in [2.75, 3.05) is 5.73 Å². The quantitative estimate of drug-likeness (QED) is 0.721. The molecule has 0 spiro atoms. The van der Waals surface area contributed by atoms with Crippen LogP contribution in [0.3, 0.4) is 0 Å². The molecule has 5 heteroatoms. The van der Waals surface area contributed by atoms with Gasteiger partial charge in [-0.3, -0.25) is 0 Å². The van der Waals surface area contributed by atoms with E-state index in [-0.39, 0.29) is 22.6 Å². The predicted molar refractivity (Wildman–Crippen MR) is 43.1 cm³/mol. The Kier molecular flexibility index (Phi) is 2.42. The van der Waals surface area contributed by atoms with Crippen molar-refractivity contribution in [2.45, 2.75) is 13.3 Å². The summed E-state index contributed by atoms with van der Waals surface area (Å²) < 4.78 is 24.7. The molecule has 0 atom stereocenters. The van der Waals surface area contributed by atoms with Crippen LogP contribution in [-0.2, 0) is 0 Å². The molecule has 68 valence electrons. The highest BCUT2D eigenvalue weighted by molar-refractivity contribution is 5.45. The van der Waals surface area contributed by atoms with Crippen molar-refractivity contribution < 1.29 is 8.78 Å². The van der Waals surface area contributed by atoms with Crippen molar-refractivity contribution in [2.24, 2.45) is 0 Å². The van der Waals surface area contributed by atoms with Gasteiger partial charge in [0.05, 0.1) is 0 Å². The molecule has 0 aliphatic carbocycles. The van der Waals surface area contributed by atoms with Crippen LogP contribution in [0.4, 0.5) is 14.6 Å². The highest BCUT2D eigenvalue weighted by atomic mass is 19.3. The zero-order valence-corrected chi connectivity index (χ0v) is 6.88. The standard InChI is InChI=1S/C8H7F2N3/c1-4-5(8(9)10)2-7(12)13-6(4)3-11/h2,8H,1H3,(H2,12,13). The van der Waals surface area contributed by atoms with Gasteiger partial charge in [-0.05, 0) is 18.6 Å². The van der Waals surface area contributed by atoms with Gasteiger partial charge < -0.3 is 5.73 Å². The van der Waals surface area contributed by atoms with Crippen molar-refractivity contribution >= 4 is 5.82 Å². The van der Waals surface area contributed by atoms with Crippen LogP contribution in [0.2, 0.25) is 0 Å². The third kappa shape index (κ3) is 1.72. The van der Waals surface area contributed by atoms with Gasteiger partial charge in [0.1, 0.15) is 17.6 Å². The minimum atomic E-state index is -2.63. The van der Waals surface area contributed by atoms with Crippen LogP contribution in [0, 0.1) is 18.3 Å². The van der Waals surface area contributed by atoms with E-state index in [4.69, 9.17) is 11.0 Å². The van der Waals surface area contributed by atoms with Crippen LogP contribution < -0.4 is 5.73 Å². The van der Waals surface area contributed by atoms with Crippen molar-refractivity contribution in [3.8, 4) is 6.07 Å². The summed E-state index contributed by atoms with van der Waals surface area (Å²) in [4.78, 5) is 3.62. The van der Waals surface area contributed by atoms with E-state index >= 15 is 0 Å². The highest BCUT2D eigenvalue weighted by Gasteiger charge is 2.14. The van der Waals surface area contributed by atoms with E-state index in [9.17, 15) is 8.78 Å². The molecule has 0 aliphatic rings. The molecule has 0 saturated carbocycles. The van der Waals surface area contributed by atoms with Crippen molar-refractivity contribution in [1.82, 2.24) is 4.98 Å². The number of aromatic nitrogens is 1. The van der Waals surface area contributed by atoms with Crippen LogP contribution in [0.1, 0.15) is 23.2 Å². The number of nitrogens with two attached hydrogens (primary N) is 1. The maximum atomic E-state index is 12.3. The summed E-state index contributed by atoms with van der Waals surface area (Å²) in [6, 6.07) is 2.79. The Balaban J connectivity index is 3.38. The lowest BCUT2D eigenvalue weighted by Gasteiger charge is -2.06. The van der Waals surface area contributed by atoms with Gasteiger partial charge >= 0.3 is 0 Å². The highest BCUT2D eigenvalue weighted by Crippen LogP contribution is 2.25. The SMILES string of the molecule is Cc1c(C(F)F)cc(N)nc1C#N. The number of alkyl halides is 2. The van der Waals surface area contributed by atoms with Gasteiger partial charge in [0, 0.05) is 5.56 Å². The third-order valence-electron chi connectivity index (χ3n) is 1.67. The largest absolute Gasteiger partial charge is 0.384 e. The lowest BCUT2D eigenvalue weighted by Crippen LogP contribution is -2.01. The number of hydrogen-bond acceptors (Lipinski definition) is 3. The summed E-state index contributed by atoms with van der Waals surface area (Å²) in [5, 5.41) is 8.54. The Hall–Kier alpha value is -1.70. The summed E-state index contributed by atoms with van der Waals surface area (Å²) in [6.07, 6.45) is -2.63. The normalized spacial score (nSPS) is 10.1. The molecule has 0 aliphatic heterocycles. The number of anilines is 1. The minimum absolute atomic E-state index is 0.0460. The maximum Gasteiger partial charge on any atom is 0.264 e. The monoisotopic (exact) mass is 183 g/mol. The van der Waals surface area contributed by atoms with Gasteiger partial charge in [0.15, 0.2) is 0 Å². The molecule has 13 heavy (non-hydrogen) atoms. The van der Waals surface area contributed by atoms with Gasteiger partial charge in [0.2, 0.25) is 0 Å². The summed E-state index contributed by atoms with van der Waals surface area (Å²) in [7, 11) is 0. The van der Waals surface area contributed by atoms with Crippen LogP contribution in [0.15, 0.2) is 6.07 Å². The molecule has 0 aromatic carbocycles. The number of halogens is 2. The summed E-state index contributed by atoms with van der Waals surface area (Å²) in [5.74, 6) is -0.0579. The fraction of sp³-hybridized carbons (Fsp3) is 0.250. The molecule has 0 fully saturated rings. The third-order valence-corrected chi connectivity index (χ3v) is 1.67. The minimum Gasteiger partial charge on any atom is -0.384 e. The maximum absolute atomic E-state index is 12.3. The second-order valence-electron chi connectivity index (χ2n) is 2.52. The molecule has 0 unspecified atom stereocenters. The van der Waals surface area contributed by atoms with E-state index < -0.39 is 6.43 Å². The summed E-state index contributed by atoms with van der Waals surface area (Å²) >= 11 is 0. The fourth-order valence-electron chi connectivity index (χ4n) is 0.985. The van der Waals surface area contributed by atoms with Crippen LogP contribution in [0.25, 0.3) is 0 Å². The number of rotatable bonds is 1. The van der Waals surface area contributed by atoms with E-state index in [0.29, 0.717) is 0 Å². The molecule has 1 rings (SSSR count). The number of hydrogen-bond donors (Lipinski definition) is 1. The zero-order valence-electron chi connectivity index (χ0n) is 6.88. The zero-order chi connectivity index (χ0) is 10.0. The first-order chi connectivity index (χ1) is 6.06. The number of pyridine rings is 1. The van der Waals surface area contributed by atoms with E-state index in [1.807, 2.05) is 0 Å². The topological polar surface area (TPSA) is 62.7 Å². The fourth-order valence-corrected chi connectivity index (χ4v) is 0.985. The molecular weight excluding hydrogens is 176 g/mol. The molecular formula is C8H7F2N3.